The second-order valence-corrected chi connectivity index (χ2v) is 4.49. The van der Waals surface area contributed by atoms with E-state index in [2.05, 4.69) is 22.5 Å². The van der Waals surface area contributed by atoms with Gasteiger partial charge in [0, 0.05) is 38.1 Å². The molecule has 2 heterocycles. The molecule has 0 spiro atoms. The highest BCUT2D eigenvalue weighted by molar-refractivity contribution is 5.76. The maximum Gasteiger partial charge on any atom is 0.221 e. The number of carbonyl (C=O) groups is 1. The van der Waals surface area contributed by atoms with Gasteiger partial charge in [0.15, 0.2) is 0 Å². The Bertz CT molecular complexity index is 228. The van der Waals surface area contributed by atoms with Gasteiger partial charge < -0.3 is 10.6 Å². The molecule has 2 fully saturated rings. The van der Waals surface area contributed by atoms with E-state index in [-0.39, 0.29) is 5.91 Å². The second kappa shape index (κ2) is 4.94. The van der Waals surface area contributed by atoms with E-state index in [9.17, 15) is 4.79 Å². The Morgan fingerprint density at radius 1 is 1.40 bits per heavy atom. The molecule has 1 amide bonds. The number of rotatable bonds is 3. The lowest BCUT2D eigenvalue weighted by Gasteiger charge is -2.42. The fourth-order valence-corrected chi connectivity index (χ4v) is 2.56. The van der Waals surface area contributed by atoms with Crippen molar-refractivity contribution in [1.82, 2.24) is 15.5 Å². The van der Waals surface area contributed by atoms with Crippen molar-refractivity contribution in [1.29, 1.82) is 0 Å². The molecule has 0 aromatic rings. The van der Waals surface area contributed by atoms with Gasteiger partial charge in [-0.25, -0.2) is 0 Å². The molecule has 1 atom stereocenters. The molecule has 2 aliphatic rings. The van der Waals surface area contributed by atoms with Gasteiger partial charge in [-0.1, -0.05) is 6.92 Å². The van der Waals surface area contributed by atoms with Gasteiger partial charge in [0.1, 0.15) is 0 Å². The summed E-state index contributed by atoms with van der Waals surface area (Å²) in [6.45, 7) is 6.29. The molecule has 15 heavy (non-hydrogen) atoms. The van der Waals surface area contributed by atoms with Crippen LogP contribution < -0.4 is 10.6 Å². The lowest BCUT2D eigenvalue weighted by atomic mass is 10.0. The summed E-state index contributed by atoms with van der Waals surface area (Å²) >= 11 is 0. The fourth-order valence-electron chi connectivity index (χ4n) is 2.56. The standard InChI is InChI=1S/C11H21N3O/c1-2-14(10-7-12-8-10)9-4-3-5-13-11(15)6-9/h9-10,12H,2-8H2,1H3,(H,13,15). The SMILES string of the molecule is CCN(C1CNC1)C1CCCNC(=O)C1. The molecule has 4 heteroatoms. The van der Waals surface area contributed by atoms with E-state index in [0.29, 0.717) is 18.5 Å². The number of hydrogen-bond donors (Lipinski definition) is 2. The third-order valence-electron chi connectivity index (χ3n) is 3.52. The normalized spacial score (nSPS) is 28.4. The lowest BCUT2D eigenvalue weighted by Crippen LogP contribution is -2.60. The van der Waals surface area contributed by atoms with Crippen LogP contribution in [0.1, 0.15) is 26.2 Å². The molecule has 0 radical (unpaired) electrons. The molecule has 2 rings (SSSR count). The van der Waals surface area contributed by atoms with Crippen molar-refractivity contribution in [2.45, 2.75) is 38.3 Å². The van der Waals surface area contributed by atoms with Crippen molar-refractivity contribution >= 4 is 5.91 Å². The zero-order chi connectivity index (χ0) is 10.7. The van der Waals surface area contributed by atoms with E-state index in [1.165, 1.54) is 0 Å². The average molecular weight is 211 g/mol. The number of likely N-dealkylation sites (N-methyl/N-ethyl adjacent to an activating group) is 1. The fraction of sp³-hybridized carbons (Fsp3) is 0.909. The summed E-state index contributed by atoms with van der Waals surface area (Å²) in [4.78, 5) is 14.0. The monoisotopic (exact) mass is 211 g/mol. The van der Waals surface area contributed by atoms with E-state index >= 15 is 0 Å². The van der Waals surface area contributed by atoms with Gasteiger partial charge in [0.05, 0.1) is 0 Å². The Kier molecular flexibility index (Phi) is 3.59. The van der Waals surface area contributed by atoms with Crippen LogP contribution in [0.4, 0.5) is 0 Å². The van der Waals surface area contributed by atoms with Crippen molar-refractivity contribution in [3.63, 3.8) is 0 Å². The number of carbonyl (C=O) groups excluding carboxylic acids is 1. The highest BCUT2D eigenvalue weighted by Crippen LogP contribution is 2.18. The van der Waals surface area contributed by atoms with Crippen LogP contribution in [0.2, 0.25) is 0 Å². The Morgan fingerprint density at radius 2 is 2.20 bits per heavy atom. The van der Waals surface area contributed by atoms with Crippen molar-refractivity contribution in [2.24, 2.45) is 0 Å². The van der Waals surface area contributed by atoms with Crippen LogP contribution in [0, 0.1) is 0 Å². The molecule has 0 aromatic heterocycles. The zero-order valence-corrected chi connectivity index (χ0v) is 9.46. The maximum atomic E-state index is 11.5. The van der Waals surface area contributed by atoms with Crippen LogP contribution in [0.25, 0.3) is 0 Å². The summed E-state index contributed by atoms with van der Waals surface area (Å²) < 4.78 is 0. The van der Waals surface area contributed by atoms with Crippen LogP contribution in [-0.2, 0) is 4.79 Å². The molecule has 4 nitrogen and oxygen atoms in total. The van der Waals surface area contributed by atoms with Crippen molar-refractivity contribution < 1.29 is 4.79 Å². The van der Waals surface area contributed by atoms with Crippen molar-refractivity contribution in [3.05, 3.63) is 0 Å². The summed E-state index contributed by atoms with van der Waals surface area (Å²) in [5, 5.41) is 6.25. The van der Waals surface area contributed by atoms with Gasteiger partial charge in [-0.05, 0) is 19.4 Å². The number of hydrogen-bond acceptors (Lipinski definition) is 3. The van der Waals surface area contributed by atoms with Gasteiger partial charge in [0.25, 0.3) is 0 Å². The molecule has 0 bridgehead atoms. The third kappa shape index (κ3) is 2.49. The molecule has 2 N–H and O–H groups in total. The van der Waals surface area contributed by atoms with E-state index in [1.54, 1.807) is 0 Å². The van der Waals surface area contributed by atoms with Gasteiger partial charge in [-0.3, -0.25) is 9.69 Å². The Labute approximate surface area is 91.4 Å². The van der Waals surface area contributed by atoms with E-state index < -0.39 is 0 Å². The average Bonchev–Trinajstić information content (AvgIpc) is 2.36. The maximum absolute atomic E-state index is 11.5. The molecule has 86 valence electrons. The van der Waals surface area contributed by atoms with Crippen LogP contribution >= 0.6 is 0 Å². The Hall–Kier alpha value is -0.610. The molecular weight excluding hydrogens is 190 g/mol. The minimum Gasteiger partial charge on any atom is -0.356 e. The predicted molar refractivity (Wildman–Crippen MR) is 59.7 cm³/mol. The number of nitrogens with zero attached hydrogens (tertiary/aromatic N) is 1. The van der Waals surface area contributed by atoms with Gasteiger partial charge in [-0.15, -0.1) is 0 Å². The smallest absolute Gasteiger partial charge is 0.221 e. The highest BCUT2D eigenvalue weighted by atomic mass is 16.1. The Morgan fingerprint density at radius 3 is 2.80 bits per heavy atom. The third-order valence-corrected chi connectivity index (χ3v) is 3.52. The first-order valence-electron chi connectivity index (χ1n) is 6.04. The molecule has 2 saturated heterocycles. The zero-order valence-electron chi connectivity index (χ0n) is 9.46. The lowest BCUT2D eigenvalue weighted by molar-refractivity contribution is -0.122. The van der Waals surface area contributed by atoms with E-state index in [1.807, 2.05) is 0 Å². The molecule has 1 unspecified atom stereocenters. The summed E-state index contributed by atoms with van der Waals surface area (Å²) in [7, 11) is 0. The minimum absolute atomic E-state index is 0.225. The van der Waals surface area contributed by atoms with Crippen molar-refractivity contribution in [3.8, 4) is 0 Å². The van der Waals surface area contributed by atoms with Crippen LogP contribution in [0.15, 0.2) is 0 Å². The van der Waals surface area contributed by atoms with E-state index in [4.69, 9.17) is 0 Å². The largest absolute Gasteiger partial charge is 0.356 e. The molecule has 0 saturated carbocycles. The topological polar surface area (TPSA) is 44.4 Å². The van der Waals surface area contributed by atoms with Gasteiger partial charge in [0.2, 0.25) is 5.91 Å². The molecule has 0 aliphatic carbocycles. The highest BCUT2D eigenvalue weighted by Gasteiger charge is 2.30. The summed E-state index contributed by atoms with van der Waals surface area (Å²) in [6, 6.07) is 1.12. The summed E-state index contributed by atoms with van der Waals surface area (Å²) in [5.74, 6) is 0.225. The molecule has 0 aromatic carbocycles. The predicted octanol–water partition coefficient (Wildman–Crippen LogP) is -0.0512. The number of amides is 1. The van der Waals surface area contributed by atoms with Crippen LogP contribution in [-0.4, -0.2) is 49.1 Å². The summed E-state index contributed by atoms with van der Waals surface area (Å²) in [5.41, 5.74) is 0. The number of nitrogens with one attached hydrogen (secondary N) is 2. The second-order valence-electron chi connectivity index (χ2n) is 4.49. The minimum atomic E-state index is 0.225. The van der Waals surface area contributed by atoms with E-state index in [0.717, 1.165) is 39.0 Å². The van der Waals surface area contributed by atoms with Crippen LogP contribution in [0.5, 0.6) is 0 Å². The van der Waals surface area contributed by atoms with Gasteiger partial charge >= 0.3 is 0 Å². The molecule has 2 aliphatic heterocycles. The summed E-state index contributed by atoms with van der Waals surface area (Å²) in [6.07, 6.45) is 2.96. The quantitative estimate of drug-likeness (QED) is 0.688. The first-order chi connectivity index (χ1) is 7.31. The van der Waals surface area contributed by atoms with Crippen LogP contribution in [0.3, 0.4) is 0 Å². The van der Waals surface area contributed by atoms with Gasteiger partial charge in [-0.2, -0.15) is 0 Å². The first kappa shape index (κ1) is 10.9. The van der Waals surface area contributed by atoms with Crippen molar-refractivity contribution in [2.75, 3.05) is 26.2 Å². The first-order valence-corrected chi connectivity index (χ1v) is 6.04. The molecular formula is C11H21N3O. The Balaban J connectivity index is 1.95.